The van der Waals surface area contributed by atoms with E-state index in [9.17, 15) is 14.7 Å². The maximum atomic E-state index is 12.2. The maximum Gasteiger partial charge on any atom is 0.340 e. The molecule has 1 aromatic carbocycles. The minimum atomic E-state index is -0.638. The van der Waals surface area contributed by atoms with Gasteiger partial charge >= 0.3 is 11.6 Å². The summed E-state index contributed by atoms with van der Waals surface area (Å²) in [5.74, 6) is -0.239. The monoisotopic (exact) mass is 336 g/mol. The highest BCUT2D eigenvalue weighted by atomic mass is 16.5. The molecule has 0 aliphatic carbocycles. The average Bonchev–Trinajstić information content (AvgIpc) is 2.51. The van der Waals surface area contributed by atoms with Crippen LogP contribution >= 0.6 is 0 Å². The predicted molar refractivity (Wildman–Crippen MR) is 86.6 cm³/mol. The molecule has 24 heavy (non-hydrogen) atoms. The highest BCUT2D eigenvalue weighted by Crippen LogP contribution is 2.33. The van der Waals surface area contributed by atoms with Crippen LogP contribution in [0, 0.1) is 6.92 Å². The number of phenols is 1. The Balaban J connectivity index is 2.54. The lowest BCUT2D eigenvalue weighted by atomic mass is 10.0. The van der Waals surface area contributed by atoms with Gasteiger partial charge in [-0.3, -0.25) is 4.79 Å². The van der Waals surface area contributed by atoms with Gasteiger partial charge in [0.25, 0.3) is 0 Å². The van der Waals surface area contributed by atoms with Gasteiger partial charge in [-0.25, -0.2) is 4.79 Å². The van der Waals surface area contributed by atoms with Crippen molar-refractivity contribution in [3.8, 4) is 11.5 Å². The first kappa shape index (κ1) is 17.8. The summed E-state index contributed by atoms with van der Waals surface area (Å²) in [6.07, 6.45) is -0.184. The zero-order chi connectivity index (χ0) is 17.7. The SMILES string of the molecule is CCOC(=O)Cc1c(C)c2c(OCCOC)cc(O)cc2oc1=O. The highest BCUT2D eigenvalue weighted by molar-refractivity contribution is 5.89. The summed E-state index contributed by atoms with van der Waals surface area (Å²) in [5, 5.41) is 10.3. The lowest BCUT2D eigenvalue weighted by molar-refractivity contribution is -0.142. The van der Waals surface area contributed by atoms with Crippen LogP contribution in [0.5, 0.6) is 11.5 Å². The fourth-order valence-corrected chi connectivity index (χ4v) is 2.40. The van der Waals surface area contributed by atoms with Crippen LogP contribution in [0.3, 0.4) is 0 Å². The van der Waals surface area contributed by atoms with E-state index >= 15 is 0 Å². The second-order valence-corrected chi connectivity index (χ2v) is 5.13. The third-order valence-corrected chi connectivity index (χ3v) is 3.50. The van der Waals surface area contributed by atoms with Gasteiger partial charge in [-0.05, 0) is 19.4 Å². The molecular weight excluding hydrogens is 316 g/mol. The van der Waals surface area contributed by atoms with Gasteiger partial charge in [0.05, 0.1) is 30.6 Å². The van der Waals surface area contributed by atoms with Crippen molar-refractivity contribution >= 4 is 16.9 Å². The average molecular weight is 336 g/mol. The van der Waals surface area contributed by atoms with E-state index in [-0.39, 0.29) is 36.5 Å². The second kappa shape index (κ2) is 7.83. The van der Waals surface area contributed by atoms with Crippen LogP contribution in [-0.2, 0) is 20.7 Å². The van der Waals surface area contributed by atoms with Crippen molar-refractivity contribution in [2.24, 2.45) is 0 Å². The number of carbonyl (C=O) groups is 1. The molecule has 2 rings (SSSR count). The molecule has 7 nitrogen and oxygen atoms in total. The van der Waals surface area contributed by atoms with Crippen molar-refractivity contribution < 1.29 is 28.5 Å². The van der Waals surface area contributed by atoms with Gasteiger partial charge in [-0.15, -0.1) is 0 Å². The summed E-state index contributed by atoms with van der Waals surface area (Å²) < 4.78 is 20.7. The summed E-state index contributed by atoms with van der Waals surface area (Å²) >= 11 is 0. The number of phenolic OH excluding ortho intramolecular Hbond substituents is 1. The van der Waals surface area contributed by atoms with Crippen molar-refractivity contribution in [2.75, 3.05) is 26.9 Å². The normalized spacial score (nSPS) is 10.8. The van der Waals surface area contributed by atoms with Crippen LogP contribution in [0.25, 0.3) is 11.0 Å². The van der Waals surface area contributed by atoms with Crippen molar-refractivity contribution in [1.29, 1.82) is 0 Å². The molecule has 0 unspecified atom stereocenters. The number of methoxy groups -OCH3 is 1. The van der Waals surface area contributed by atoms with Crippen LogP contribution < -0.4 is 10.4 Å². The molecule has 0 saturated carbocycles. The van der Waals surface area contributed by atoms with E-state index in [0.29, 0.717) is 23.3 Å². The van der Waals surface area contributed by atoms with E-state index in [1.54, 1.807) is 21.0 Å². The van der Waals surface area contributed by atoms with Gasteiger partial charge in [-0.2, -0.15) is 0 Å². The third kappa shape index (κ3) is 3.86. The molecule has 0 fully saturated rings. The highest BCUT2D eigenvalue weighted by Gasteiger charge is 2.19. The summed E-state index contributed by atoms with van der Waals surface area (Å²) in [5.41, 5.74) is 0.323. The van der Waals surface area contributed by atoms with E-state index in [1.165, 1.54) is 12.1 Å². The van der Waals surface area contributed by atoms with E-state index in [0.717, 1.165) is 0 Å². The van der Waals surface area contributed by atoms with Gasteiger partial charge < -0.3 is 23.7 Å². The quantitative estimate of drug-likeness (QED) is 0.469. The number of hydrogen-bond donors (Lipinski definition) is 1. The lowest BCUT2D eigenvalue weighted by Crippen LogP contribution is -2.17. The number of aryl methyl sites for hydroxylation is 1. The number of ether oxygens (including phenoxy) is 3. The molecule has 0 bridgehead atoms. The van der Waals surface area contributed by atoms with Crippen LogP contribution in [0.1, 0.15) is 18.1 Å². The topological polar surface area (TPSA) is 95.2 Å². The number of carbonyl (C=O) groups excluding carboxylic acids is 1. The molecule has 0 aliphatic heterocycles. The Morgan fingerprint density at radius 2 is 2.04 bits per heavy atom. The molecule has 0 atom stereocenters. The number of esters is 1. The Labute approximate surface area is 138 Å². The molecule has 0 aliphatic rings. The summed E-state index contributed by atoms with van der Waals surface area (Å²) in [4.78, 5) is 23.9. The molecule has 1 N–H and O–H groups in total. The van der Waals surface area contributed by atoms with E-state index in [4.69, 9.17) is 18.6 Å². The van der Waals surface area contributed by atoms with Gasteiger partial charge in [0.1, 0.15) is 23.7 Å². The molecular formula is C17H20O7. The van der Waals surface area contributed by atoms with Crippen molar-refractivity contribution in [3.05, 3.63) is 33.7 Å². The predicted octanol–water partition coefficient (Wildman–Crippen LogP) is 1.94. The number of fused-ring (bicyclic) bond motifs is 1. The molecule has 0 radical (unpaired) electrons. The Hall–Kier alpha value is -2.54. The first-order chi connectivity index (χ1) is 11.5. The van der Waals surface area contributed by atoms with Gasteiger partial charge in [-0.1, -0.05) is 0 Å². The molecule has 1 heterocycles. The first-order valence-electron chi connectivity index (χ1n) is 7.54. The Bertz CT molecular complexity index is 792. The van der Waals surface area contributed by atoms with Crippen LogP contribution in [0.4, 0.5) is 0 Å². The van der Waals surface area contributed by atoms with E-state index in [1.807, 2.05) is 0 Å². The molecule has 2 aromatic rings. The van der Waals surface area contributed by atoms with Crippen molar-refractivity contribution in [3.63, 3.8) is 0 Å². The minimum Gasteiger partial charge on any atom is -0.508 e. The van der Waals surface area contributed by atoms with Crippen molar-refractivity contribution in [2.45, 2.75) is 20.3 Å². The zero-order valence-corrected chi connectivity index (χ0v) is 13.9. The Morgan fingerprint density at radius 1 is 1.29 bits per heavy atom. The zero-order valence-electron chi connectivity index (χ0n) is 13.9. The van der Waals surface area contributed by atoms with Crippen LogP contribution in [0.15, 0.2) is 21.3 Å². The second-order valence-electron chi connectivity index (χ2n) is 5.13. The van der Waals surface area contributed by atoms with E-state index in [2.05, 4.69) is 0 Å². The molecule has 7 heteroatoms. The van der Waals surface area contributed by atoms with Crippen LogP contribution in [-0.4, -0.2) is 38.0 Å². The number of hydrogen-bond acceptors (Lipinski definition) is 7. The number of rotatable bonds is 7. The Kier molecular flexibility index (Phi) is 5.81. The smallest absolute Gasteiger partial charge is 0.340 e. The van der Waals surface area contributed by atoms with E-state index < -0.39 is 11.6 Å². The largest absolute Gasteiger partial charge is 0.508 e. The van der Waals surface area contributed by atoms with Gasteiger partial charge in [0, 0.05) is 19.2 Å². The molecule has 130 valence electrons. The maximum absolute atomic E-state index is 12.2. The number of aromatic hydroxyl groups is 1. The van der Waals surface area contributed by atoms with Crippen LogP contribution in [0.2, 0.25) is 0 Å². The lowest BCUT2D eigenvalue weighted by Gasteiger charge is -2.13. The molecule has 1 aromatic heterocycles. The number of benzene rings is 1. The molecule has 0 amide bonds. The third-order valence-electron chi connectivity index (χ3n) is 3.50. The summed E-state index contributed by atoms with van der Waals surface area (Å²) in [6, 6.07) is 2.76. The Morgan fingerprint density at radius 3 is 2.71 bits per heavy atom. The van der Waals surface area contributed by atoms with Crippen molar-refractivity contribution in [1.82, 2.24) is 0 Å². The summed E-state index contributed by atoms with van der Waals surface area (Å²) in [6.45, 7) is 4.26. The fraction of sp³-hybridized carbons (Fsp3) is 0.412. The minimum absolute atomic E-state index is 0.0874. The fourth-order valence-electron chi connectivity index (χ4n) is 2.40. The summed E-state index contributed by atoms with van der Waals surface area (Å²) in [7, 11) is 1.55. The molecule has 0 spiro atoms. The standard InChI is InChI=1S/C17H20O7/c1-4-22-15(19)9-12-10(2)16-13(23-6-5-21-3)7-11(18)8-14(16)24-17(12)20/h7-8,18H,4-6,9H2,1-3H3. The first-order valence-corrected chi connectivity index (χ1v) is 7.54. The van der Waals surface area contributed by atoms with Gasteiger partial charge in [0.2, 0.25) is 0 Å². The molecule has 0 saturated heterocycles. The van der Waals surface area contributed by atoms with Gasteiger partial charge in [0.15, 0.2) is 0 Å².